The van der Waals surface area contributed by atoms with E-state index >= 15 is 0 Å². The highest BCUT2D eigenvalue weighted by Gasteiger charge is 2.20. The van der Waals surface area contributed by atoms with E-state index in [1.54, 1.807) is 0 Å². The van der Waals surface area contributed by atoms with Gasteiger partial charge in [-0.25, -0.2) is 0 Å². The van der Waals surface area contributed by atoms with E-state index in [9.17, 15) is 4.79 Å². The quantitative estimate of drug-likeness (QED) is 0.920. The standard InChI is InChI=1S/C19H21NO2/c21-19(11-10-15-6-2-1-3-7-15)20-14-18-17-9-5-4-8-16(17)12-13-22-18/h1-9,18H,10-14H2,(H,20,21)/t18-/m0/s1. The third kappa shape index (κ3) is 3.74. The van der Waals surface area contributed by atoms with Crippen LogP contribution in [0, 0.1) is 0 Å². The Hall–Kier alpha value is -2.13. The number of nitrogens with one attached hydrogen (secondary N) is 1. The molecule has 1 atom stereocenters. The summed E-state index contributed by atoms with van der Waals surface area (Å²) >= 11 is 0. The van der Waals surface area contributed by atoms with Crippen LogP contribution in [0.25, 0.3) is 0 Å². The van der Waals surface area contributed by atoms with Crippen molar-refractivity contribution in [1.29, 1.82) is 0 Å². The highest BCUT2D eigenvalue weighted by Crippen LogP contribution is 2.26. The van der Waals surface area contributed by atoms with Crippen LogP contribution < -0.4 is 5.32 Å². The van der Waals surface area contributed by atoms with Gasteiger partial charge < -0.3 is 10.1 Å². The zero-order valence-corrected chi connectivity index (χ0v) is 12.6. The van der Waals surface area contributed by atoms with Crippen molar-refractivity contribution < 1.29 is 9.53 Å². The fourth-order valence-corrected chi connectivity index (χ4v) is 2.84. The minimum absolute atomic E-state index is 0.0226. The van der Waals surface area contributed by atoms with Gasteiger partial charge in [-0.1, -0.05) is 54.6 Å². The number of hydrogen-bond donors (Lipinski definition) is 1. The molecule has 1 aliphatic heterocycles. The van der Waals surface area contributed by atoms with Crippen LogP contribution in [0.2, 0.25) is 0 Å². The molecule has 0 aliphatic carbocycles. The molecular formula is C19H21NO2. The Bertz CT molecular complexity index is 624. The summed E-state index contributed by atoms with van der Waals surface area (Å²) in [4.78, 5) is 12.0. The smallest absolute Gasteiger partial charge is 0.220 e. The molecule has 0 spiro atoms. The Balaban J connectivity index is 1.50. The number of benzene rings is 2. The third-order valence-electron chi connectivity index (χ3n) is 4.06. The number of carbonyl (C=O) groups is 1. The van der Waals surface area contributed by atoms with Crippen molar-refractivity contribution in [2.24, 2.45) is 0 Å². The SMILES string of the molecule is O=C(CCc1ccccc1)NC[C@@H]1OCCc2ccccc21. The molecule has 2 aromatic carbocycles. The van der Waals surface area contributed by atoms with Gasteiger partial charge in [-0.2, -0.15) is 0 Å². The number of rotatable bonds is 5. The normalized spacial score (nSPS) is 16.8. The predicted molar refractivity (Wildman–Crippen MR) is 86.6 cm³/mol. The molecule has 0 fully saturated rings. The van der Waals surface area contributed by atoms with Crippen LogP contribution in [-0.2, 0) is 22.4 Å². The van der Waals surface area contributed by atoms with Gasteiger partial charge in [-0.05, 0) is 29.5 Å². The van der Waals surface area contributed by atoms with E-state index in [-0.39, 0.29) is 12.0 Å². The van der Waals surface area contributed by atoms with Gasteiger partial charge in [0.15, 0.2) is 0 Å². The second-order valence-corrected chi connectivity index (χ2v) is 5.60. The minimum atomic E-state index is -0.0226. The molecule has 3 heteroatoms. The van der Waals surface area contributed by atoms with Crippen LogP contribution in [0.1, 0.15) is 29.2 Å². The first-order valence-electron chi connectivity index (χ1n) is 7.83. The van der Waals surface area contributed by atoms with E-state index in [2.05, 4.69) is 23.5 Å². The first-order chi connectivity index (χ1) is 10.8. The van der Waals surface area contributed by atoms with Crippen LogP contribution >= 0.6 is 0 Å². The molecule has 0 bridgehead atoms. The minimum Gasteiger partial charge on any atom is -0.371 e. The Labute approximate surface area is 131 Å². The van der Waals surface area contributed by atoms with Crippen molar-refractivity contribution >= 4 is 5.91 Å². The summed E-state index contributed by atoms with van der Waals surface area (Å²) in [7, 11) is 0. The molecule has 3 nitrogen and oxygen atoms in total. The van der Waals surface area contributed by atoms with E-state index < -0.39 is 0 Å². The largest absolute Gasteiger partial charge is 0.371 e. The van der Waals surface area contributed by atoms with Crippen molar-refractivity contribution in [2.75, 3.05) is 13.2 Å². The van der Waals surface area contributed by atoms with Gasteiger partial charge in [-0.3, -0.25) is 4.79 Å². The Kier molecular flexibility index (Phi) is 4.86. The van der Waals surface area contributed by atoms with E-state index in [1.807, 2.05) is 36.4 Å². The summed E-state index contributed by atoms with van der Waals surface area (Å²) in [6.07, 6.45) is 2.22. The van der Waals surface area contributed by atoms with Gasteiger partial charge >= 0.3 is 0 Å². The molecule has 22 heavy (non-hydrogen) atoms. The number of carbonyl (C=O) groups excluding carboxylic acids is 1. The number of aryl methyl sites for hydroxylation is 1. The second kappa shape index (κ2) is 7.23. The number of hydrogen-bond acceptors (Lipinski definition) is 2. The molecule has 0 radical (unpaired) electrons. The van der Waals surface area contributed by atoms with Crippen molar-refractivity contribution in [2.45, 2.75) is 25.4 Å². The van der Waals surface area contributed by atoms with Crippen molar-refractivity contribution in [3.63, 3.8) is 0 Å². The first kappa shape index (κ1) is 14.8. The fourth-order valence-electron chi connectivity index (χ4n) is 2.84. The monoisotopic (exact) mass is 295 g/mol. The average Bonchev–Trinajstić information content (AvgIpc) is 2.59. The second-order valence-electron chi connectivity index (χ2n) is 5.60. The topological polar surface area (TPSA) is 38.3 Å². The van der Waals surface area contributed by atoms with Gasteiger partial charge in [0.25, 0.3) is 0 Å². The van der Waals surface area contributed by atoms with Crippen molar-refractivity contribution in [3.05, 3.63) is 71.3 Å². The van der Waals surface area contributed by atoms with E-state index in [0.29, 0.717) is 13.0 Å². The predicted octanol–water partition coefficient (Wildman–Crippen LogP) is 3.05. The molecule has 1 aliphatic rings. The lowest BCUT2D eigenvalue weighted by atomic mass is 9.97. The van der Waals surface area contributed by atoms with Crippen LogP contribution in [-0.4, -0.2) is 19.1 Å². The van der Waals surface area contributed by atoms with E-state index in [4.69, 9.17) is 4.74 Å². The summed E-state index contributed by atoms with van der Waals surface area (Å²) in [6, 6.07) is 18.4. The highest BCUT2D eigenvalue weighted by atomic mass is 16.5. The lowest BCUT2D eigenvalue weighted by molar-refractivity contribution is -0.121. The van der Waals surface area contributed by atoms with Gasteiger partial charge in [0.05, 0.1) is 6.61 Å². The van der Waals surface area contributed by atoms with Crippen LogP contribution in [0.3, 0.4) is 0 Å². The summed E-state index contributed by atoms with van der Waals surface area (Å²) in [5, 5.41) is 3.00. The average molecular weight is 295 g/mol. The fraction of sp³-hybridized carbons (Fsp3) is 0.316. The summed E-state index contributed by atoms with van der Waals surface area (Å²) < 4.78 is 5.80. The highest BCUT2D eigenvalue weighted by molar-refractivity contribution is 5.76. The maximum Gasteiger partial charge on any atom is 0.220 e. The van der Waals surface area contributed by atoms with E-state index in [1.165, 1.54) is 16.7 Å². The first-order valence-corrected chi connectivity index (χ1v) is 7.83. The molecule has 1 N–H and O–H groups in total. The Morgan fingerprint density at radius 1 is 1.09 bits per heavy atom. The summed E-state index contributed by atoms with van der Waals surface area (Å²) in [5.74, 6) is 0.0792. The van der Waals surface area contributed by atoms with Crippen LogP contribution in [0.5, 0.6) is 0 Å². The molecule has 2 aromatic rings. The summed E-state index contributed by atoms with van der Waals surface area (Å²) in [6.45, 7) is 1.27. The van der Waals surface area contributed by atoms with Crippen LogP contribution in [0.4, 0.5) is 0 Å². The van der Waals surface area contributed by atoms with Crippen molar-refractivity contribution in [1.82, 2.24) is 5.32 Å². The molecule has 114 valence electrons. The van der Waals surface area contributed by atoms with Gasteiger partial charge in [0.1, 0.15) is 6.10 Å². The number of amides is 1. The lowest BCUT2D eigenvalue weighted by Gasteiger charge is -2.26. The van der Waals surface area contributed by atoms with Crippen LogP contribution in [0.15, 0.2) is 54.6 Å². The molecule has 0 saturated heterocycles. The molecular weight excluding hydrogens is 274 g/mol. The molecule has 1 amide bonds. The number of ether oxygens (including phenoxy) is 1. The van der Waals surface area contributed by atoms with E-state index in [0.717, 1.165) is 19.4 Å². The molecule has 3 rings (SSSR count). The van der Waals surface area contributed by atoms with Gasteiger partial charge in [-0.15, -0.1) is 0 Å². The summed E-state index contributed by atoms with van der Waals surface area (Å²) in [5.41, 5.74) is 3.73. The maximum atomic E-state index is 12.0. The Morgan fingerprint density at radius 3 is 2.73 bits per heavy atom. The molecule has 1 heterocycles. The molecule has 0 saturated carbocycles. The molecule has 0 unspecified atom stereocenters. The van der Waals surface area contributed by atoms with Gasteiger partial charge in [0, 0.05) is 13.0 Å². The number of fused-ring (bicyclic) bond motifs is 1. The zero-order valence-electron chi connectivity index (χ0n) is 12.6. The third-order valence-corrected chi connectivity index (χ3v) is 4.06. The van der Waals surface area contributed by atoms with Crippen molar-refractivity contribution in [3.8, 4) is 0 Å². The maximum absolute atomic E-state index is 12.0. The Morgan fingerprint density at radius 2 is 1.86 bits per heavy atom. The zero-order chi connectivity index (χ0) is 15.2. The lowest BCUT2D eigenvalue weighted by Crippen LogP contribution is -2.31. The molecule has 0 aromatic heterocycles. The van der Waals surface area contributed by atoms with Gasteiger partial charge in [0.2, 0.25) is 5.91 Å².